The van der Waals surface area contributed by atoms with Crippen LogP contribution in [0.25, 0.3) is 10.9 Å². The zero-order valence-electron chi connectivity index (χ0n) is 11.0. The minimum atomic E-state index is -0.0927. The average Bonchev–Trinajstić information content (AvgIpc) is 2.43. The lowest BCUT2D eigenvalue weighted by atomic mass is 9.99. The molecule has 0 aliphatic rings. The molecule has 1 atom stereocenters. The van der Waals surface area contributed by atoms with Crippen molar-refractivity contribution in [1.29, 1.82) is 0 Å². The van der Waals surface area contributed by atoms with Crippen LogP contribution in [-0.4, -0.2) is 24.5 Å². The summed E-state index contributed by atoms with van der Waals surface area (Å²) in [5, 5.41) is 1.02. The monoisotopic (exact) mass is 321 g/mol. The topological polar surface area (TPSA) is 39.2 Å². The highest BCUT2D eigenvalue weighted by atomic mass is 79.9. The Balaban J connectivity index is 2.33. The van der Waals surface area contributed by atoms with Gasteiger partial charge in [0.05, 0.1) is 5.52 Å². The smallest absolute Gasteiger partial charge is 0.185 e. The normalized spacial score (nSPS) is 12.6. The van der Waals surface area contributed by atoms with Crippen molar-refractivity contribution in [3.63, 3.8) is 0 Å². The number of nitrogens with zero attached hydrogens (tertiary/aromatic N) is 1. The molecule has 3 nitrogen and oxygen atoms in total. The maximum absolute atomic E-state index is 12.4. The summed E-state index contributed by atoms with van der Waals surface area (Å²) >= 11 is 3.44. The molecule has 0 bridgehead atoms. The van der Waals surface area contributed by atoms with Crippen LogP contribution in [0.2, 0.25) is 0 Å². The number of pyridine rings is 1. The Kier molecular flexibility index (Phi) is 4.66. The predicted octanol–water partition coefficient (Wildman–Crippen LogP) is 3.85. The van der Waals surface area contributed by atoms with Gasteiger partial charge in [0.25, 0.3) is 0 Å². The molecule has 100 valence electrons. The van der Waals surface area contributed by atoms with E-state index in [0.717, 1.165) is 15.4 Å². The third-order valence-corrected chi connectivity index (χ3v) is 3.72. The number of rotatable bonds is 5. The molecule has 0 amide bonds. The van der Waals surface area contributed by atoms with Crippen LogP contribution in [0.1, 0.15) is 23.8 Å². The van der Waals surface area contributed by atoms with Gasteiger partial charge in [-0.15, -0.1) is 0 Å². The minimum absolute atomic E-state index is 0.0506. The van der Waals surface area contributed by atoms with E-state index in [1.165, 1.54) is 0 Å². The molecule has 0 aliphatic carbocycles. The number of methoxy groups -OCH3 is 1. The van der Waals surface area contributed by atoms with Crippen molar-refractivity contribution in [2.24, 2.45) is 5.92 Å². The third kappa shape index (κ3) is 3.19. The molecule has 19 heavy (non-hydrogen) atoms. The van der Waals surface area contributed by atoms with Crippen molar-refractivity contribution in [1.82, 2.24) is 4.98 Å². The third-order valence-electron chi connectivity index (χ3n) is 3.11. The van der Waals surface area contributed by atoms with Gasteiger partial charge in [0.2, 0.25) is 0 Å². The molecule has 0 N–H and O–H groups in total. The lowest BCUT2D eigenvalue weighted by Crippen LogP contribution is -2.15. The molecule has 0 fully saturated rings. The molecule has 2 aromatic rings. The lowest BCUT2D eigenvalue weighted by Gasteiger charge is -2.11. The maximum Gasteiger partial charge on any atom is 0.185 e. The quantitative estimate of drug-likeness (QED) is 0.785. The molecule has 0 aliphatic heterocycles. The van der Waals surface area contributed by atoms with Gasteiger partial charge in [-0.25, -0.2) is 4.98 Å². The van der Waals surface area contributed by atoms with Crippen molar-refractivity contribution in [3.05, 3.63) is 40.5 Å². The van der Waals surface area contributed by atoms with Crippen LogP contribution < -0.4 is 0 Å². The fourth-order valence-electron chi connectivity index (χ4n) is 1.92. The Bertz CT molecular complexity index is 598. The van der Waals surface area contributed by atoms with Crippen molar-refractivity contribution >= 4 is 32.6 Å². The number of benzene rings is 1. The van der Waals surface area contributed by atoms with E-state index in [4.69, 9.17) is 4.74 Å². The first-order valence-corrected chi connectivity index (χ1v) is 7.01. The highest BCUT2D eigenvalue weighted by Crippen LogP contribution is 2.24. The second kappa shape index (κ2) is 6.26. The van der Waals surface area contributed by atoms with E-state index in [1.807, 2.05) is 37.3 Å². The molecule has 1 unspecified atom stereocenters. The number of carbonyl (C=O) groups excluding carboxylic acids is 1. The first kappa shape index (κ1) is 14.2. The van der Waals surface area contributed by atoms with Gasteiger partial charge in [-0.3, -0.25) is 4.79 Å². The van der Waals surface area contributed by atoms with Crippen LogP contribution in [0.5, 0.6) is 0 Å². The number of halogens is 1. The summed E-state index contributed by atoms with van der Waals surface area (Å²) in [6.07, 6.45) is 0.705. The molecule has 0 saturated heterocycles. The summed E-state index contributed by atoms with van der Waals surface area (Å²) in [5.74, 6) is -0.0420. The Morgan fingerprint density at radius 3 is 2.89 bits per heavy atom. The van der Waals surface area contributed by atoms with E-state index < -0.39 is 0 Å². The molecule has 0 radical (unpaired) electrons. The largest absolute Gasteiger partial charge is 0.385 e. The van der Waals surface area contributed by atoms with E-state index in [0.29, 0.717) is 18.7 Å². The Hall–Kier alpha value is -1.26. The van der Waals surface area contributed by atoms with E-state index in [-0.39, 0.29) is 11.7 Å². The first-order chi connectivity index (χ1) is 9.13. The molecule has 2 rings (SSSR count). The van der Waals surface area contributed by atoms with Crippen molar-refractivity contribution in [2.45, 2.75) is 13.3 Å². The summed E-state index contributed by atoms with van der Waals surface area (Å²) in [6, 6.07) is 9.72. The fourth-order valence-corrected chi connectivity index (χ4v) is 2.45. The summed E-state index contributed by atoms with van der Waals surface area (Å²) < 4.78 is 5.77. The number of para-hydroxylation sites is 1. The van der Waals surface area contributed by atoms with Crippen molar-refractivity contribution in [2.75, 3.05) is 13.7 Å². The van der Waals surface area contributed by atoms with Gasteiger partial charge >= 0.3 is 0 Å². The van der Waals surface area contributed by atoms with Crippen molar-refractivity contribution in [3.8, 4) is 0 Å². The van der Waals surface area contributed by atoms with Gasteiger partial charge < -0.3 is 4.74 Å². The summed E-state index contributed by atoms with van der Waals surface area (Å²) in [6.45, 7) is 2.49. The Labute approximate surface area is 121 Å². The van der Waals surface area contributed by atoms with Crippen LogP contribution >= 0.6 is 15.9 Å². The van der Waals surface area contributed by atoms with E-state index >= 15 is 0 Å². The number of Topliss-reactive ketones (excluding diaryl/α,β-unsaturated/α-hetero) is 1. The van der Waals surface area contributed by atoms with Gasteiger partial charge in [-0.1, -0.05) is 25.1 Å². The average molecular weight is 322 g/mol. The summed E-state index contributed by atoms with van der Waals surface area (Å²) in [4.78, 5) is 16.8. The molecule has 0 saturated carbocycles. The van der Waals surface area contributed by atoms with Crippen LogP contribution in [0, 0.1) is 5.92 Å². The van der Waals surface area contributed by atoms with Crippen molar-refractivity contribution < 1.29 is 9.53 Å². The number of carbonyl (C=O) groups is 1. The van der Waals surface area contributed by atoms with Gasteiger partial charge in [-0.2, -0.15) is 0 Å². The minimum Gasteiger partial charge on any atom is -0.385 e. The first-order valence-electron chi connectivity index (χ1n) is 6.22. The number of hydrogen-bond acceptors (Lipinski definition) is 3. The number of fused-ring (bicyclic) bond motifs is 1. The Morgan fingerprint density at radius 1 is 1.42 bits per heavy atom. The molecular weight excluding hydrogens is 306 g/mol. The molecule has 0 spiro atoms. The van der Waals surface area contributed by atoms with Gasteiger partial charge in [0.15, 0.2) is 5.78 Å². The molecule has 1 aromatic heterocycles. The molecule has 4 heteroatoms. The highest BCUT2D eigenvalue weighted by Gasteiger charge is 2.19. The second-order valence-electron chi connectivity index (χ2n) is 4.56. The standard InChI is InChI=1S/C15H16BrNO2/c1-10(7-8-19-2)15(18)14-12(16)9-11-5-3-4-6-13(11)17-14/h3-6,9-10H,7-8H2,1-2H3. The SMILES string of the molecule is COCCC(C)C(=O)c1nc2ccccc2cc1Br. The van der Waals surface area contributed by atoms with Crippen LogP contribution in [0.15, 0.2) is 34.8 Å². The fraction of sp³-hybridized carbons (Fsp3) is 0.333. The van der Waals surface area contributed by atoms with Gasteiger partial charge in [-0.05, 0) is 34.5 Å². The highest BCUT2D eigenvalue weighted by molar-refractivity contribution is 9.10. The number of aromatic nitrogens is 1. The Morgan fingerprint density at radius 2 is 2.16 bits per heavy atom. The van der Waals surface area contributed by atoms with E-state index in [9.17, 15) is 4.79 Å². The van der Waals surface area contributed by atoms with Gasteiger partial charge in [0.1, 0.15) is 5.69 Å². The predicted molar refractivity (Wildman–Crippen MR) is 79.4 cm³/mol. The zero-order chi connectivity index (χ0) is 13.8. The molecular formula is C15H16BrNO2. The van der Waals surface area contributed by atoms with Crippen LogP contribution in [0.3, 0.4) is 0 Å². The summed E-state index contributed by atoms with van der Waals surface area (Å²) in [5.41, 5.74) is 1.34. The van der Waals surface area contributed by atoms with E-state index in [1.54, 1.807) is 7.11 Å². The number of ether oxygens (including phenoxy) is 1. The van der Waals surface area contributed by atoms with E-state index in [2.05, 4.69) is 20.9 Å². The van der Waals surface area contributed by atoms with Crippen LogP contribution in [0.4, 0.5) is 0 Å². The lowest BCUT2D eigenvalue weighted by molar-refractivity contribution is 0.0888. The maximum atomic E-state index is 12.4. The second-order valence-corrected chi connectivity index (χ2v) is 5.41. The molecule has 1 aromatic carbocycles. The number of hydrogen-bond donors (Lipinski definition) is 0. The number of ketones is 1. The van der Waals surface area contributed by atoms with Gasteiger partial charge in [0, 0.05) is 29.5 Å². The summed E-state index contributed by atoms with van der Waals surface area (Å²) in [7, 11) is 1.64. The zero-order valence-corrected chi connectivity index (χ0v) is 12.6. The van der Waals surface area contributed by atoms with Crippen LogP contribution in [-0.2, 0) is 4.74 Å². The molecule has 1 heterocycles.